The molecule has 0 aliphatic heterocycles. The molecule has 0 nitrogen and oxygen atoms in total. The van der Waals surface area contributed by atoms with Crippen LogP contribution in [0.1, 0.15) is 119 Å². The van der Waals surface area contributed by atoms with Crippen LogP contribution in [-0.4, -0.2) is 14.1 Å². The molecule has 0 heterocycles. The van der Waals surface area contributed by atoms with Crippen LogP contribution >= 0.6 is 0 Å². The van der Waals surface area contributed by atoms with Crippen LogP contribution in [0.5, 0.6) is 0 Å². The molecule has 0 saturated carbocycles. The van der Waals surface area contributed by atoms with Crippen molar-refractivity contribution in [1.82, 2.24) is 0 Å². The number of rotatable bonds is 15. The van der Waals surface area contributed by atoms with Crippen LogP contribution in [0.4, 0.5) is 0 Å². The Balaban J connectivity index is 4.50. The lowest BCUT2D eigenvalue weighted by atomic mass is 10.1. The molecule has 0 amide bonds. The predicted molar refractivity (Wildman–Crippen MR) is 106 cm³/mol. The van der Waals surface area contributed by atoms with E-state index in [1.807, 2.05) is 0 Å². The summed E-state index contributed by atoms with van der Waals surface area (Å²) in [6, 6.07) is 0. The minimum atomic E-state index is -0.644. The quantitative estimate of drug-likeness (QED) is 0.209. The van der Waals surface area contributed by atoms with Crippen molar-refractivity contribution in [2.75, 3.05) is 0 Å². The summed E-state index contributed by atoms with van der Waals surface area (Å²) in [6.07, 6.45) is 17.4. The smallest absolute Gasteiger partial charge is 0.0845 e. The van der Waals surface area contributed by atoms with Gasteiger partial charge >= 0.3 is 0 Å². The maximum absolute atomic E-state index is 2.61. The van der Waals surface area contributed by atoms with Crippen molar-refractivity contribution in [2.24, 2.45) is 0 Å². The van der Waals surface area contributed by atoms with E-state index in [1.165, 1.54) is 77.0 Å². The molecule has 1 heteroatoms. The predicted octanol–water partition coefficient (Wildman–Crippen LogP) is 8.39. The molecule has 0 aliphatic rings. The summed E-state index contributed by atoms with van der Waals surface area (Å²) in [4.78, 5) is 0. The number of hydrogen-bond donors (Lipinski definition) is 0. The maximum Gasteiger partial charge on any atom is 0.271 e. The molecule has 0 aromatic rings. The first-order valence-electron chi connectivity index (χ1n) is 10.6. The topological polar surface area (TPSA) is 0 Å². The highest BCUT2D eigenvalue weighted by molar-refractivity contribution is 6.63. The van der Waals surface area contributed by atoms with Gasteiger partial charge in [-0.1, -0.05) is 133 Å². The molecular weight excluding hydrogens is 279 g/mol. The van der Waals surface area contributed by atoms with E-state index in [-0.39, 0.29) is 0 Å². The van der Waals surface area contributed by atoms with Crippen molar-refractivity contribution >= 4 is 14.1 Å². The van der Waals surface area contributed by atoms with Gasteiger partial charge in [0.2, 0.25) is 0 Å². The summed E-state index contributed by atoms with van der Waals surface area (Å²) in [5, 5.41) is 0. The third kappa shape index (κ3) is 10.3. The van der Waals surface area contributed by atoms with E-state index in [0.717, 1.165) is 14.3 Å². The van der Waals surface area contributed by atoms with Crippen molar-refractivity contribution in [1.29, 1.82) is 0 Å². The Bertz CT molecular complexity index is 188. The molecule has 132 valence electrons. The van der Waals surface area contributed by atoms with Gasteiger partial charge in [-0.2, -0.15) is 0 Å². The lowest BCUT2D eigenvalue weighted by molar-refractivity contribution is 0.587. The zero-order valence-electron chi connectivity index (χ0n) is 16.8. The normalized spacial score (nSPS) is 15.5. The van der Waals surface area contributed by atoms with Gasteiger partial charge in [0, 0.05) is 0 Å². The Morgan fingerprint density at radius 2 is 0.773 bits per heavy atom. The summed E-state index contributed by atoms with van der Waals surface area (Å²) in [5.74, 6) is 0. The largest absolute Gasteiger partial charge is 0.271 e. The van der Waals surface area contributed by atoms with E-state index < -0.39 is 14.1 Å². The zero-order valence-corrected chi connectivity index (χ0v) is 17.9. The molecule has 22 heavy (non-hydrogen) atoms. The highest BCUT2D eigenvalue weighted by Gasteiger charge is 2.34. The van der Waals surface area contributed by atoms with Gasteiger partial charge < -0.3 is 0 Å². The monoisotopic (exact) mass is 324 g/mol. The molecular formula is C21H45Al. The number of hydrogen-bond acceptors (Lipinski definition) is 0. The van der Waals surface area contributed by atoms with E-state index in [9.17, 15) is 0 Å². The van der Waals surface area contributed by atoms with E-state index in [2.05, 4.69) is 41.5 Å². The lowest BCUT2D eigenvalue weighted by Gasteiger charge is -2.30. The molecule has 0 radical (unpaired) electrons. The van der Waals surface area contributed by atoms with Crippen LogP contribution in [0.3, 0.4) is 0 Å². The summed E-state index contributed by atoms with van der Waals surface area (Å²) in [6.45, 7) is 14.8. The zero-order chi connectivity index (χ0) is 16.8. The fraction of sp³-hybridized carbons (Fsp3) is 1.00. The van der Waals surface area contributed by atoms with Gasteiger partial charge in [0.05, 0.1) is 0 Å². The van der Waals surface area contributed by atoms with Crippen molar-refractivity contribution in [3.8, 4) is 0 Å². The van der Waals surface area contributed by atoms with Gasteiger partial charge in [-0.15, -0.1) is 0 Å². The second-order valence-corrected chi connectivity index (χ2v) is 12.6. The number of unbranched alkanes of at least 4 members (excludes halogenated alkanes) is 6. The molecule has 3 unspecified atom stereocenters. The van der Waals surface area contributed by atoms with Crippen LogP contribution in [0, 0.1) is 0 Å². The average Bonchev–Trinajstić information content (AvgIpc) is 2.48. The minimum Gasteiger partial charge on any atom is -0.0845 e. The molecule has 0 aromatic heterocycles. The molecule has 0 aromatic carbocycles. The highest BCUT2D eigenvalue weighted by atomic mass is 27.2. The Kier molecular flexibility index (Phi) is 15.4. The Morgan fingerprint density at radius 1 is 0.500 bits per heavy atom. The molecule has 0 saturated heterocycles. The molecule has 0 N–H and O–H groups in total. The van der Waals surface area contributed by atoms with Crippen LogP contribution in [0.15, 0.2) is 0 Å². The first-order valence-corrected chi connectivity index (χ1v) is 12.6. The van der Waals surface area contributed by atoms with Crippen molar-refractivity contribution in [3.05, 3.63) is 0 Å². The Hall–Kier alpha value is 0.532. The summed E-state index contributed by atoms with van der Waals surface area (Å²) in [5.41, 5.74) is 0. The van der Waals surface area contributed by atoms with Crippen LogP contribution in [0.2, 0.25) is 14.3 Å². The first-order chi connectivity index (χ1) is 10.6. The van der Waals surface area contributed by atoms with Crippen molar-refractivity contribution in [2.45, 2.75) is 133 Å². The molecule has 3 atom stereocenters. The van der Waals surface area contributed by atoms with Gasteiger partial charge in [0.15, 0.2) is 0 Å². The molecule has 0 bridgehead atoms. The van der Waals surface area contributed by atoms with E-state index in [4.69, 9.17) is 0 Å². The highest BCUT2D eigenvalue weighted by Crippen LogP contribution is 2.38. The second-order valence-electron chi connectivity index (χ2n) is 8.00. The molecule has 0 aliphatic carbocycles. The fourth-order valence-corrected chi connectivity index (χ4v) is 9.64. The van der Waals surface area contributed by atoms with Crippen molar-refractivity contribution < 1.29 is 0 Å². The van der Waals surface area contributed by atoms with Crippen LogP contribution in [0.25, 0.3) is 0 Å². The first kappa shape index (κ1) is 22.5. The van der Waals surface area contributed by atoms with E-state index in [1.54, 1.807) is 0 Å². The summed E-state index contributed by atoms with van der Waals surface area (Å²) < 4.78 is 3.17. The lowest BCUT2D eigenvalue weighted by Crippen LogP contribution is -2.29. The van der Waals surface area contributed by atoms with E-state index >= 15 is 0 Å². The Morgan fingerprint density at radius 3 is 1.00 bits per heavy atom. The van der Waals surface area contributed by atoms with Gasteiger partial charge in [-0.25, -0.2) is 0 Å². The van der Waals surface area contributed by atoms with Gasteiger partial charge in [0.25, 0.3) is 14.1 Å². The maximum atomic E-state index is 2.61. The van der Waals surface area contributed by atoms with E-state index in [0.29, 0.717) is 0 Å². The van der Waals surface area contributed by atoms with Gasteiger partial charge in [0.1, 0.15) is 0 Å². The third-order valence-corrected chi connectivity index (χ3v) is 10.7. The standard InChI is InChI=1S/3C7H15.Al/c3*1-3-5-7-6-4-2;/h3*3H,4-7H2,1-2H3;. The third-order valence-electron chi connectivity index (χ3n) is 5.76. The van der Waals surface area contributed by atoms with Gasteiger partial charge in [-0.3, -0.25) is 0 Å². The fourth-order valence-electron chi connectivity index (χ4n) is 4.41. The summed E-state index contributed by atoms with van der Waals surface area (Å²) in [7, 11) is 0. The Labute approximate surface area is 147 Å². The van der Waals surface area contributed by atoms with Crippen LogP contribution in [-0.2, 0) is 0 Å². The van der Waals surface area contributed by atoms with Gasteiger partial charge in [-0.05, 0) is 0 Å². The van der Waals surface area contributed by atoms with Crippen molar-refractivity contribution in [3.63, 3.8) is 0 Å². The minimum absolute atomic E-state index is 0.644. The second kappa shape index (κ2) is 15.1. The summed E-state index contributed by atoms with van der Waals surface area (Å²) >= 11 is -0.644. The molecule has 0 rings (SSSR count). The molecule has 0 spiro atoms. The molecule has 0 fully saturated rings. The van der Waals surface area contributed by atoms with Crippen LogP contribution < -0.4 is 0 Å². The SMILES string of the molecule is CCCCC[CH](C)[Al]([CH](C)CCCCC)[CH](C)CCCCC. The average molecular weight is 325 g/mol.